The molecule has 0 atom stereocenters. The van der Waals surface area contributed by atoms with Crippen molar-refractivity contribution in [1.82, 2.24) is 9.88 Å². The van der Waals surface area contributed by atoms with E-state index < -0.39 is 0 Å². The molecule has 0 amide bonds. The summed E-state index contributed by atoms with van der Waals surface area (Å²) >= 11 is 5.62. The highest BCUT2D eigenvalue weighted by molar-refractivity contribution is 7.80. The van der Waals surface area contributed by atoms with E-state index in [0.29, 0.717) is 6.04 Å². The molecule has 1 aromatic heterocycles. The molecule has 0 spiro atoms. The third-order valence-corrected chi connectivity index (χ3v) is 4.01. The number of thiocarbonyl (C=S) groups is 1. The number of hydrogen-bond donors (Lipinski definition) is 1. The SMILES string of the molecule is COc1ccccc1NC(=S)N(Cc1cccnc1)C1CC1. The number of benzene rings is 1. The number of pyridine rings is 1. The molecular formula is C17H19N3OS. The second-order valence-corrected chi connectivity index (χ2v) is 5.74. The summed E-state index contributed by atoms with van der Waals surface area (Å²) in [6.07, 6.45) is 6.06. The maximum Gasteiger partial charge on any atom is 0.174 e. The van der Waals surface area contributed by atoms with Gasteiger partial charge in [0.1, 0.15) is 5.75 Å². The van der Waals surface area contributed by atoms with Crippen LogP contribution < -0.4 is 10.1 Å². The van der Waals surface area contributed by atoms with Gasteiger partial charge in [-0.05, 0) is 48.8 Å². The topological polar surface area (TPSA) is 37.4 Å². The van der Waals surface area contributed by atoms with Crippen LogP contribution in [0.1, 0.15) is 18.4 Å². The molecule has 4 nitrogen and oxygen atoms in total. The number of hydrogen-bond acceptors (Lipinski definition) is 3. The molecule has 22 heavy (non-hydrogen) atoms. The molecule has 1 N–H and O–H groups in total. The molecule has 114 valence electrons. The molecule has 1 aliphatic rings. The highest BCUT2D eigenvalue weighted by Crippen LogP contribution is 2.30. The van der Waals surface area contributed by atoms with Gasteiger partial charge in [-0.15, -0.1) is 0 Å². The second kappa shape index (κ2) is 6.75. The van der Waals surface area contributed by atoms with Gasteiger partial charge in [0.15, 0.2) is 5.11 Å². The fourth-order valence-corrected chi connectivity index (χ4v) is 2.70. The maximum absolute atomic E-state index is 5.62. The Bertz CT molecular complexity index is 643. The average molecular weight is 313 g/mol. The monoisotopic (exact) mass is 313 g/mol. The molecule has 0 saturated heterocycles. The van der Waals surface area contributed by atoms with E-state index in [0.717, 1.165) is 23.1 Å². The zero-order valence-electron chi connectivity index (χ0n) is 12.5. The quantitative estimate of drug-likeness (QED) is 0.856. The van der Waals surface area contributed by atoms with Crippen LogP contribution >= 0.6 is 12.2 Å². The van der Waals surface area contributed by atoms with Gasteiger partial charge in [0.25, 0.3) is 0 Å². The third kappa shape index (κ3) is 3.54. The Balaban J connectivity index is 1.73. The highest BCUT2D eigenvalue weighted by atomic mass is 32.1. The third-order valence-electron chi connectivity index (χ3n) is 3.67. The van der Waals surface area contributed by atoms with E-state index in [1.165, 1.54) is 18.4 Å². The molecular weight excluding hydrogens is 294 g/mol. The second-order valence-electron chi connectivity index (χ2n) is 5.35. The van der Waals surface area contributed by atoms with Gasteiger partial charge in [0, 0.05) is 25.0 Å². The Kier molecular flexibility index (Phi) is 4.53. The van der Waals surface area contributed by atoms with E-state index >= 15 is 0 Å². The van der Waals surface area contributed by atoms with E-state index in [2.05, 4.69) is 21.3 Å². The number of rotatable bonds is 5. The number of ether oxygens (including phenoxy) is 1. The highest BCUT2D eigenvalue weighted by Gasteiger charge is 2.31. The summed E-state index contributed by atoms with van der Waals surface area (Å²) in [6.45, 7) is 0.777. The van der Waals surface area contributed by atoms with Gasteiger partial charge in [-0.2, -0.15) is 0 Å². The first-order chi connectivity index (χ1) is 10.8. The average Bonchev–Trinajstić information content (AvgIpc) is 3.39. The minimum atomic E-state index is 0.523. The van der Waals surface area contributed by atoms with Crippen LogP contribution in [0.4, 0.5) is 5.69 Å². The van der Waals surface area contributed by atoms with Crippen molar-refractivity contribution < 1.29 is 4.74 Å². The first kappa shape index (κ1) is 14.8. The number of methoxy groups -OCH3 is 1. The van der Waals surface area contributed by atoms with Gasteiger partial charge in [-0.3, -0.25) is 4.98 Å². The Morgan fingerprint density at radius 3 is 2.82 bits per heavy atom. The van der Waals surface area contributed by atoms with Crippen LogP contribution in [0.25, 0.3) is 0 Å². The maximum atomic E-state index is 5.62. The normalized spacial score (nSPS) is 13.5. The van der Waals surface area contributed by atoms with E-state index in [-0.39, 0.29) is 0 Å². The minimum Gasteiger partial charge on any atom is -0.495 e. The lowest BCUT2D eigenvalue weighted by atomic mass is 10.2. The zero-order valence-corrected chi connectivity index (χ0v) is 13.3. The van der Waals surface area contributed by atoms with Gasteiger partial charge in [0.05, 0.1) is 12.8 Å². The van der Waals surface area contributed by atoms with Crippen molar-refractivity contribution in [2.75, 3.05) is 12.4 Å². The van der Waals surface area contributed by atoms with Crippen molar-refractivity contribution in [2.45, 2.75) is 25.4 Å². The summed E-state index contributed by atoms with van der Waals surface area (Å²) in [6, 6.07) is 12.4. The smallest absolute Gasteiger partial charge is 0.174 e. The molecule has 3 rings (SSSR count). The summed E-state index contributed by atoms with van der Waals surface area (Å²) in [5, 5.41) is 4.05. The largest absolute Gasteiger partial charge is 0.495 e. The Hall–Kier alpha value is -2.14. The molecule has 0 aliphatic heterocycles. The molecule has 2 aromatic rings. The van der Waals surface area contributed by atoms with Gasteiger partial charge in [-0.25, -0.2) is 0 Å². The van der Waals surface area contributed by atoms with Crippen molar-refractivity contribution in [3.63, 3.8) is 0 Å². The zero-order chi connectivity index (χ0) is 15.4. The van der Waals surface area contributed by atoms with Crippen LogP contribution in [0, 0.1) is 0 Å². The lowest BCUT2D eigenvalue weighted by Crippen LogP contribution is -2.36. The first-order valence-corrected chi connectivity index (χ1v) is 7.78. The van der Waals surface area contributed by atoms with E-state index in [4.69, 9.17) is 17.0 Å². The van der Waals surface area contributed by atoms with Gasteiger partial charge >= 0.3 is 0 Å². The Labute approximate surface area is 136 Å². The van der Waals surface area contributed by atoms with Crippen molar-refractivity contribution in [1.29, 1.82) is 0 Å². The van der Waals surface area contributed by atoms with Crippen molar-refractivity contribution >= 4 is 23.0 Å². The molecule has 0 bridgehead atoms. The van der Waals surface area contributed by atoms with Crippen LogP contribution in [0.15, 0.2) is 48.8 Å². The number of nitrogens with zero attached hydrogens (tertiary/aromatic N) is 2. The number of para-hydroxylation sites is 2. The van der Waals surface area contributed by atoms with Crippen molar-refractivity contribution in [3.05, 3.63) is 54.4 Å². The predicted octanol–water partition coefficient (Wildman–Crippen LogP) is 3.45. The fourth-order valence-electron chi connectivity index (χ4n) is 2.38. The predicted molar refractivity (Wildman–Crippen MR) is 92.0 cm³/mol. The minimum absolute atomic E-state index is 0.523. The van der Waals surface area contributed by atoms with Gasteiger partial charge < -0.3 is 15.0 Å². The molecule has 1 aliphatic carbocycles. The fraction of sp³-hybridized carbons (Fsp3) is 0.294. The molecule has 0 radical (unpaired) electrons. The van der Waals surface area contributed by atoms with Gasteiger partial charge in [-0.1, -0.05) is 18.2 Å². The van der Waals surface area contributed by atoms with Crippen LogP contribution in [-0.2, 0) is 6.54 Å². The summed E-state index contributed by atoms with van der Waals surface area (Å²) < 4.78 is 5.37. The van der Waals surface area contributed by atoms with E-state index in [1.54, 1.807) is 13.3 Å². The molecule has 1 saturated carbocycles. The van der Waals surface area contributed by atoms with Crippen LogP contribution in [0.3, 0.4) is 0 Å². The van der Waals surface area contributed by atoms with Crippen LogP contribution in [-0.4, -0.2) is 28.1 Å². The van der Waals surface area contributed by atoms with E-state index in [1.807, 2.05) is 36.5 Å². The molecule has 1 aromatic carbocycles. The standard InChI is InChI=1S/C17H19N3OS/c1-21-16-7-3-2-6-15(16)19-17(22)20(14-8-9-14)12-13-5-4-10-18-11-13/h2-7,10-11,14H,8-9,12H2,1H3,(H,19,22). The molecule has 1 heterocycles. The number of aromatic nitrogens is 1. The summed E-state index contributed by atoms with van der Waals surface area (Å²) in [4.78, 5) is 6.41. The lowest BCUT2D eigenvalue weighted by Gasteiger charge is -2.26. The summed E-state index contributed by atoms with van der Waals surface area (Å²) in [7, 11) is 1.66. The molecule has 0 unspecified atom stereocenters. The number of nitrogens with one attached hydrogen (secondary N) is 1. The summed E-state index contributed by atoms with van der Waals surface area (Å²) in [5.74, 6) is 0.793. The molecule has 5 heteroatoms. The van der Waals surface area contributed by atoms with Gasteiger partial charge in [0.2, 0.25) is 0 Å². The van der Waals surface area contributed by atoms with Crippen LogP contribution in [0.5, 0.6) is 5.75 Å². The Morgan fingerprint density at radius 1 is 1.32 bits per heavy atom. The lowest BCUT2D eigenvalue weighted by molar-refractivity contribution is 0.406. The van der Waals surface area contributed by atoms with E-state index in [9.17, 15) is 0 Å². The van der Waals surface area contributed by atoms with Crippen molar-refractivity contribution in [2.24, 2.45) is 0 Å². The summed E-state index contributed by atoms with van der Waals surface area (Å²) in [5.41, 5.74) is 2.06. The van der Waals surface area contributed by atoms with Crippen molar-refractivity contribution in [3.8, 4) is 5.75 Å². The molecule has 1 fully saturated rings. The first-order valence-electron chi connectivity index (χ1n) is 7.37. The van der Waals surface area contributed by atoms with Crippen LogP contribution in [0.2, 0.25) is 0 Å². The number of anilines is 1. The Morgan fingerprint density at radius 2 is 2.14 bits per heavy atom.